The monoisotopic (exact) mass is 225 g/mol. The van der Waals surface area contributed by atoms with E-state index in [0.29, 0.717) is 5.54 Å². The van der Waals surface area contributed by atoms with Crippen LogP contribution in [0.1, 0.15) is 33.1 Å². The van der Waals surface area contributed by atoms with Gasteiger partial charge in [0.1, 0.15) is 0 Å². The smallest absolute Gasteiger partial charge is 0.0280 e. The van der Waals surface area contributed by atoms with E-state index in [2.05, 4.69) is 29.0 Å². The highest BCUT2D eigenvalue weighted by Gasteiger charge is 2.29. The first-order valence-electron chi connectivity index (χ1n) is 6.92. The fourth-order valence-corrected chi connectivity index (χ4v) is 3.01. The van der Waals surface area contributed by atoms with Crippen molar-refractivity contribution in [3.8, 4) is 0 Å². The SMILES string of the molecule is CCN1CCN(CC2(C)CCCCN2)CC1. The van der Waals surface area contributed by atoms with E-state index < -0.39 is 0 Å². The van der Waals surface area contributed by atoms with E-state index in [0.717, 1.165) is 0 Å². The Bertz CT molecular complexity index is 203. The predicted molar refractivity (Wildman–Crippen MR) is 68.8 cm³/mol. The third-order valence-electron chi connectivity index (χ3n) is 4.19. The molecule has 0 spiro atoms. The summed E-state index contributed by atoms with van der Waals surface area (Å²) in [7, 11) is 0. The molecule has 0 saturated carbocycles. The molecule has 16 heavy (non-hydrogen) atoms. The van der Waals surface area contributed by atoms with Crippen LogP contribution in [0.4, 0.5) is 0 Å². The highest BCUT2D eigenvalue weighted by Crippen LogP contribution is 2.20. The van der Waals surface area contributed by atoms with E-state index in [4.69, 9.17) is 0 Å². The van der Waals surface area contributed by atoms with Crippen LogP contribution in [0, 0.1) is 0 Å². The van der Waals surface area contributed by atoms with Gasteiger partial charge in [0, 0.05) is 38.3 Å². The normalized spacial score (nSPS) is 34.1. The Kier molecular flexibility index (Phi) is 4.22. The molecule has 0 amide bonds. The van der Waals surface area contributed by atoms with Crippen LogP contribution in [0.2, 0.25) is 0 Å². The Balaban J connectivity index is 1.77. The van der Waals surface area contributed by atoms with E-state index in [-0.39, 0.29) is 0 Å². The zero-order chi connectivity index (χ0) is 11.4. The van der Waals surface area contributed by atoms with Crippen molar-refractivity contribution in [2.45, 2.75) is 38.6 Å². The summed E-state index contributed by atoms with van der Waals surface area (Å²) in [6.45, 7) is 13.4. The minimum absolute atomic E-state index is 0.382. The number of hydrogen-bond donors (Lipinski definition) is 1. The Morgan fingerprint density at radius 2 is 1.75 bits per heavy atom. The maximum absolute atomic E-state index is 3.71. The molecule has 94 valence electrons. The van der Waals surface area contributed by atoms with Crippen LogP contribution in [0.15, 0.2) is 0 Å². The van der Waals surface area contributed by atoms with Crippen molar-refractivity contribution in [1.29, 1.82) is 0 Å². The van der Waals surface area contributed by atoms with Crippen molar-refractivity contribution >= 4 is 0 Å². The number of nitrogens with one attached hydrogen (secondary N) is 1. The molecule has 2 rings (SSSR count). The number of piperidine rings is 1. The van der Waals surface area contributed by atoms with Crippen LogP contribution in [-0.4, -0.2) is 61.2 Å². The highest BCUT2D eigenvalue weighted by molar-refractivity contribution is 4.90. The number of hydrogen-bond acceptors (Lipinski definition) is 3. The minimum Gasteiger partial charge on any atom is -0.310 e. The fourth-order valence-electron chi connectivity index (χ4n) is 3.01. The van der Waals surface area contributed by atoms with Crippen molar-refractivity contribution in [2.24, 2.45) is 0 Å². The van der Waals surface area contributed by atoms with Crippen LogP contribution >= 0.6 is 0 Å². The molecule has 0 aromatic rings. The largest absolute Gasteiger partial charge is 0.310 e. The van der Waals surface area contributed by atoms with Gasteiger partial charge in [-0.25, -0.2) is 0 Å². The van der Waals surface area contributed by atoms with Crippen molar-refractivity contribution in [3.05, 3.63) is 0 Å². The summed E-state index contributed by atoms with van der Waals surface area (Å²) in [5.74, 6) is 0. The Hall–Kier alpha value is -0.120. The molecule has 0 bridgehead atoms. The van der Waals surface area contributed by atoms with E-state index >= 15 is 0 Å². The Labute approximate surface area is 100 Å². The van der Waals surface area contributed by atoms with Gasteiger partial charge in [0.15, 0.2) is 0 Å². The van der Waals surface area contributed by atoms with Gasteiger partial charge < -0.3 is 10.2 Å². The van der Waals surface area contributed by atoms with Crippen LogP contribution in [0.3, 0.4) is 0 Å². The first-order valence-corrected chi connectivity index (χ1v) is 6.92. The number of likely N-dealkylation sites (N-methyl/N-ethyl adjacent to an activating group) is 1. The molecule has 1 atom stereocenters. The lowest BCUT2D eigenvalue weighted by Gasteiger charge is -2.42. The lowest BCUT2D eigenvalue weighted by Crippen LogP contribution is -2.57. The van der Waals surface area contributed by atoms with E-state index in [1.807, 2.05) is 0 Å². The second kappa shape index (κ2) is 5.48. The molecule has 2 aliphatic rings. The molecule has 2 fully saturated rings. The summed E-state index contributed by atoms with van der Waals surface area (Å²) in [6, 6.07) is 0. The molecule has 0 radical (unpaired) electrons. The minimum atomic E-state index is 0.382. The highest BCUT2D eigenvalue weighted by atomic mass is 15.3. The van der Waals surface area contributed by atoms with Crippen LogP contribution in [-0.2, 0) is 0 Å². The fraction of sp³-hybridized carbons (Fsp3) is 1.00. The second-order valence-electron chi connectivity index (χ2n) is 5.65. The quantitative estimate of drug-likeness (QED) is 0.777. The lowest BCUT2D eigenvalue weighted by atomic mass is 9.90. The summed E-state index contributed by atoms with van der Waals surface area (Å²) in [4.78, 5) is 5.19. The van der Waals surface area contributed by atoms with Gasteiger partial charge in [-0.1, -0.05) is 13.3 Å². The first kappa shape index (κ1) is 12.3. The standard InChI is InChI=1S/C13H27N3/c1-3-15-8-10-16(11-9-15)12-13(2)6-4-5-7-14-13/h14H,3-12H2,1-2H3. The first-order chi connectivity index (χ1) is 7.72. The predicted octanol–water partition coefficient (Wildman–Crippen LogP) is 1.16. The zero-order valence-corrected chi connectivity index (χ0v) is 11.0. The van der Waals surface area contributed by atoms with Gasteiger partial charge in [0.05, 0.1) is 0 Å². The summed E-state index contributed by atoms with van der Waals surface area (Å²) in [5.41, 5.74) is 0.382. The summed E-state index contributed by atoms with van der Waals surface area (Å²) >= 11 is 0. The second-order valence-corrected chi connectivity index (χ2v) is 5.65. The third-order valence-corrected chi connectivity index (χ3v) is 4.19. The average Bonchev–Trinajstić information content (AvgIpc) is 2.30. The molecule has 2 saturated heterocycles. The van der Waals surface area contributed by atoms with Crippen LogP contribution < -0.4 is 5.32 Å². The van der Waals surface area contributed by atoms with Crippen molar-refractivity contribution in [3.63, 3.8) is 0 Å². The molecule has 2 heterocycles. The maximum Gasteiger partial charge on any atom is 0.0280 e. The Morgan fingerprint density at radius 1 is 1.06 bits per heavy atom. The van der Waals surface area contributed by atoms with E-state index in [1.54, 1.807) is 0 Å². The van der Waals surface area contributed by atoms with Gasteiger partial charge >= 0.3 is 0 Å². The van der Waals surface area contributed by atoms with Crippen molar-refractivity contribution in [1.82, 2.24) is 15.1 Å². The molecule has 1 N–H and O–H groups in total. The molecule has 3 heteroatoms. The third kappa shape index (κ3) is 3.19. The van der Waals surface area contributed by atoms with Gasteiger partial charge in [-0.05, 0) is 32.9 Å². The Morgan fingerprint density at radius 3 is 2.31 bits per heavy atom. The summed E-state index contributed by atoms with van der Waals surface area (Å²) in [5, 5.41) is 3.71. The van der Waals surface area contributed by atoms with Gasteiger partial charge in [-0.15, -0.1) is 0 Å². The van der Waals surface area contributed by atoms with Crippen molar-refractivity contribution in [2.75, 3.05) is 45.8 Å². The van der Waals surface area contributed by atoms with E-state index in [9.17, 15) is 0 Å². The molecule has 3 nitrogen and oxygen atoms in total. The molecular formula is C13H27N3. The molecule has 0 aromatic carbocycles. The maximum atomic E-state index is 3.71. The number of rotatable bonds is 3. The molecule has 0 aromatic heterocycles. The molecule has 0 aliphatic carbocycles. The van der Waals surface area contributed by atoms with Crippen LogP contribution in [0.25, 0.3) is 0 Å². The van der Waals surface area contributed by atoms with Gasteiger partial charge in [0.25, 0.3) is 0 Å². The number of nitrogens with zero attached hydrogens (tertiary/aromatic N) is 2. The van der Waals surface area contributed by atoms with Crippen LogP contribution in [0.5, 0.6) is 0 Å². The molecule has 1 unspecified atom stereocenters. The van der Waals surface area contributed by atoms with E-state index in [1.165, 1.54) is 65.1 Å². The zero-order valence-electron chi connectivity index (χ0n) is 11.0. The summed E-state index contributed by atoms with van der Waals surface area (Å²) in [6.07, 6.45) is 4.11. The number of piperazine rings is 1. The van der Waals surface area contributed by atoms with Gasteiger partial charge in [-0.3, -0.25) is 4.90 Å². The van der Waals surface area contributed by atoms with Crippen molar-refractivity contribution < 1.29 is 0 Å². The molecule has 2 aliphatic heterocycles. The average molecular weight is 225 g/mol. The topological polar surface area (TPSA) is 18.5 Å². The van der Waals surface area contributed by atoms with Gasteiger partial charge in [-0.2, -0.15) is 0 Å². The lowest BCUT2D eigenvalue weighted by molar-refractivity contribution is 0.0982. The van der Waals surface area contributed by atoms with Gasteiger partial charge in [0.2, 0.25) is 0 Å². The molecular weight excluding hydrogens is 198 g/mol. The summed E-state index contributed by atoms with van der Waals surface area (Å²) < 4.78 is 0.